The lowest BCUT2D eigenvalue weighted by atomic mass is 10.0. The van der Waals surface area contributed by atoms with Crippen molar-refractivity contribution < 1.29 is 9.59 Å². The summed E-state index contributed by atoms with van der Waals surface area (Å²) in [5.74, 6) is -0.567. The molecule has 0 fully saturated rings. The fraction of sp³-hybridized carbons (Fsp3) is 0.200. The van der Waals surface area contributed by atoms with E-state index in [4.69, 9.17) is 5.73 Å². The number of amides is 1. The number of nitrogens with two attached hydrogens (primary N) is 1. The van der Waals surface area contributed by atoms with Crippen molar-refractivity contribution in [2.45, 2.75) is 13.8 Å². The maximum Gasteiger partial charge on any atom is 0.248 e. The summed E-state index contributed by atoms with van der Waals surface area (Å²) in [6.07, 6.45) is 0. The number of benzene rings is 1. The topological polar surface area (TPSA) is 60.2 Å². The third kappa shape index (κ3) is 1.93. The lowest BCUT2D eigenvalue weighted by molar-refractivity contribution is 0.0999. The van der Waals surface area contributed by atoms with Crippen LogP contribution in [0.15, 0.2) is 18.2 Å². The number of primary amides is 1. The Balaban J connectivity index is 3.27. The first kappa shape index (κ1) is 9.45. The minimum atomic E-state index is -0.499. The molecule has 0 saturated heterocycles. The van der Waals surface area contributed by atoms with Gasteiger partial charge in [-0.25, -0.2) is 0 Å². The molecule has 68 valence electrons. The van der Waals surface area contributed by atoms with E-state index in [0.29, 0.717) is 11.1 Å². The zero-order valence-corrected chi connectivity index (χ0v) is 7.63. The zero-order chi connectivity index (χ0) is 10.0. The Labute approximate surface area is 76.6 Å². The van der Waals surface area contributed by atoms with Crippen LogP contribution in [0.5, 0.6) is 0 Å². The van der Waals surface area contributed by atoms with Crippen LogP contribution < -0.4 is 5.73 Å². The van der Waals surface area contributed by atoms with E-state index in [1.54, 1.807) is 19.1 Å². The molecular weight excluding hydrogens is 166 g/mol. The molecule has 0 radical (unpaired) electrons. The van der Waals surface area contributed by atoms with Crippen molar-refractivity contribution in [3.63, 3.8) is 0 Å². The van der Waals surface area contributed by atoms with Gasteiger partial charge < -0.3 is 5.73 Å². The molecule has 0 heterocycles. The molecule has 13 heavy (non-hydrogen) atoms. The van der Waals surface area contributed by atoms with Gasteiger partial charge in [-0.05, 0) is 25.5 Å². The Hall–Kier alpha value is -1.64. The molecule has 2 N–H and O–H groups in total. The minimum absolute atomic E-state index is 0.0671. The van der Waals surface area contributed by atoms with Gasteiger partial charge in [-0.15, -0.1) is 0 Å². The van der Waals surface area contributed by atoms with Gasteiger partial charge in [0.15, 0.2) is 5.78 Å². The molecule has 0 aromatic heterocycles. The van der Waals surface area contributed by atoms with Crippen molar-refractivity contribution in [1.82, 2.24) is 0 Å². The second kappa shape index (κ2) is 3.39. The average Bonchev–Trinajstić information content (AvgIpc) is 2.04. The van der Waals surface area contributed by atoms with Crippen molar-refractivity contribution in [2.75, 3.05) is 0 Å². The van der Waals surface area contributed by atoms with E-state index in [1.807, 2.05) is 0 Å². The summed E-state index contributed by atoms with van der Waals surface area (Å²) in [4.78, 5) is 21.9. The summed E-state index contributed by atoms with van der Waals surface area (Å²) in [6, 6.07) is 4.93. The number of Topliss-reactive ketones (excluding diaryl/α,β-unsaturated/α-hetero) is 1. The molecule has 0 aliphatic carbocycles. The van der Waals surface area contributed by atoms with E-state index >= 15 is 0 Å². The maximum absolute atomic E-state index is 11.0. The Morgan fingerprint density at radius 1 is 1.31 bits per heavy atom. The summed E-state index contributed by atoms with van der Waals surface area (Å²) < 4.78 is 0. The molecule has 0 aliphatic heterocycles. The van der Waals surface area contributed by atoms with Crippen molar-refractivity contribution in [1.29, 1.82) is 0 Å². The second-order valence-corrected chi connectivity index (χ2v) is 2.95. The molecule has 1 amide bonds. The fourth-order valence-corrected chi connectivity index (χ4v) is 1.11. The number of carbonyl (C=O) groups excluding carboxylic acids is 2. The summed E-state index contributed by atoms with van der Waals surface area (Å²) in [6.45, 7) is 3.24. The van der Waals surface area contributed by atoms with Crippen molar-refractivity contribution in [2.24, 2.45) is 5.73 Å². The first-order valence-corrected chi connectivity index (χ1v) is 3.93. The SMILES string of the molecule is CC(=O)c1ccc(C)c(C(N)=O)c1. The minimum Gasteiger partial charge on any atom is -0.366 e. The van der Waals surface area contributed by atoms with Crippen LogP contribution in [-0.2, 0) is 0 Å². The first-order valence-electron chi connectivity index (χ1n) is 3.93. The second-order valence-electron chi connectivity index (χ2n) is 2.95. The summed E-state index contributed by atoms with van der Waals surface area (Å²) in [7, 11) is 0. The van der Waals surface area contributed by atoms with Gasteiger partial charge in [0.1, 0.15) is 0 Å². The number of hydrogen-bond acceptors (Lipinski definition) is 2. The number of aryl methyl sites for hydroxylation is 1. The predicted octanol–water partition coefficient (Wildman–Crippen LogP) is 1.30. The third-order valence-corrected chi connectivity index (χ3v) is 1.91. The summed E-state index contributed by atoms with van der Waals surface area (Å²) >= 11 is 0. The van der Waals surface area contributed by atoms with E-state index in [9.17, 15) is 9.59 Å². The van der Waals surface area contributed by atoms with Crippen LogP contribution >= 0.6 is 0 Å². The van der Waals surface area contributed by atoms with E-state index in [0.717, 1.165) is 5.56 Å². The Morgan fingerprint density at radius 3 is 2.38 bits per heavy atom. The number of ketones is 1. The van der Waals surface area contributed by atoms with E-state index in [2.05, 4.69) is 0 Å². The van der Waals surface area contributed by atoms with Gasteiger partial charge in [0.2, 0.25) is 5.91 Å². The molecule has 1 rings (SSSR count). The van der Waals surface area contributed by atoms with Crippen LogP contribution in [0.25, 0.3) is 0 Å². The quantitative estimate of drug-likeness (QED) is 0.692. The smallest absolute Gasteiger partial charge is 0.248 e. The highest BCUT2D eigenvalue weighted by atomic mass is 16.1. The summed E-state index contributed by atoms with van der Waals surface area (Å²) in [5.41, 5.74) is 6.85. The predicted molar refractivity (Wildman–Crippen MR) is 49.7 cm³/mol. The van der Waals surface area contributed by atoms with Crippen LogP contribution in [0, 0.1) is 6.92 Å². The standard InChI is InChI=1S/C10H11NO2/c1-6-3-4-8(7(2)12)5-9(6)10(11)13/h3-5H,1-2H3,(H2,11,13). The normalized spacial score (nSPS) is 9.69. The number of hydrogen-bond donors (Lipinski definition) is 1. The summed E-state index contributed by atoms with van der Waals surface area (Å²) in [5, 5.41) is 0. The van der Waals surface area contributed by atoms with E-state index in [1.165, 1.54) is 13.0 Å². The highest BCUT2D eigenvalue weighted by molar-refractivity contribution is 5.99. The molecular formula is C10H11NO2. The molecule has 1 aromatic carbocycles. The van der Waals surface area contributed by atoms with Crippen LogP contribution in [-0.4, -0.2) is 11.7 Å². The molecule has 0 spiro atoms. The molecule has 3 nitrogen and oxygen atoms in total. The van der Waals surface area contributed by atoms with Crippen molar-refractivity contribution >= 4 is 11.7 Å². The Bertz CT molecular complexity index is 369. The van der Waals surface area contributed by atoms with Gasteiger partial charge >= 0.3 is 0 Å². The fourth-order valence-electron chi connectivity index (χ4n) is 1.11. The maximum atomic E-state index is 11.0. The van der Waals surface area contributed by atoms with Crippen molar-refractivity contribution in [3.05, 3.63) is 34.9 Å². The van der Waals surface area contributed by atoms with Gasteiger partial charge in [0.25, 0.3) is 0 Å². The molecule has 0 aliphatic rings. The number of carbonyl (C=O) groups is 2. The Kier molecular flexibility index (Phi) is 2.46. The number of rotatable bonds is 2. The van der Waals surface area contributed by atoms with Crippen LogP contribution in [0.2, 0.25) is 0 Å². The highest BCUT2D eigenvalue weighted by Crippen LogP contribution is 2.10. The van der Waals surface area contributed by atoms with Crippen LogP contribution in [0.1, 0.15) is 33.2 Å². The largest absolute Gasteiger partial charge is 0.366 e. The van der Waals surface area contributed by atoms with E-state index in [-0.39, 0.29) is 5.78 Å². The van der Waals surface area contributed by atoms with Gasteiger partial charge in [0, 0.05) is 11.1 Å². The first-order chi connectivity index (χ1) is 6.02. The lowest BCUT2D eigenvalue weighted by Gasteiger charge is -2.02. The van der Waals surface area contributed by atoms with Crippen LogP contribution in [0.4, 0.5) is 0 Å². The monoisotopic (exact) mass is 177 g/mol. The van der Waals surface area contributed by atoms with Gasteiger partial charge in [-0.1, -0.05) is 12.1 Å². The molecule has 1 aromatic rings. The highest BCUT2D eigenvalue weighted by Gasteiger charge is 2.07. The van der Waals surface area contributed by atoms with Gasteiger partial charge in [0.05, 0.1) is 0 Å². The molecule has 3 heteroatoms. The zero-order valence-electron chi connectivity index (χ0n) is 7.63. The van der Waals surface area contributed by atoms with Gasteiger partial charge in [-0.3, -0.25) is 9.59 Å². The lowest BCUT2D eigenvalue weighted by Crippen LogP contribution is -2.13. The van der Waals surface area contributed by atoms with E-state index < -0.39 is 5.91 Å². The molecule has 0 saturated carbocycles. The van der Waals surface area contributed by atoms with Crippen molar-refractivity contribution in [3.8, 4) is 0 Å². The Morgan fingerprint density at radius 2 is 1.92 bits per heavy atom. The van der Waals surface area contributed by atoms with Gasteiger partial charge in [-0.2, -0.15) is 0 Å². The molecule has 0 unspecified atom stereocenters. The molecule has 0 atom stereocenters. The average molecular weight is 177 g/mol. The third-order valence-electron chi connectivity index (χ3n) is 1.91. The molecule has 0 bridgehead atoms. The van der Waals surface area contributed by atoms with Crippen LogP contribution in [0.3, 0.4) is 0 Å².